The van der Waals surface area contributed by atoms with Gasteiger partial charge in [-0.25, -0.2) is 0 Å². The van der Waals surface area contributed by atoms with E-state index >= 15 is 0 Å². The van der Waals surface area contributed by atoms with Gasteiger partial charge in [0.1, 0.15) is 0 Å². The van der Waals surface area contributed by atoms with Crippen molar-refractivity contribution >= 4 is 0 Å². The summed E-state index contributed by atoms with van der Waals surface area (Å²) in [4.78, 5) is 0. The van der Waals surface area contributed by atoms with Crippen LogP contribution in [0.2, 0.25) is 0 Å². The van der Waals surface area contributed by atoms with Crippen LogP contribution in [0, 0.1) is 6.92 Å². The molecule has 0 heterocycles. The highest BCUT2D eigenvalue weighted by molar-refractivity contribution is 5.23. The van der Waals surface area contributed by atoms with Crippen LogP contribution in [0.4, 0.5) is 0 Å². The molecule has 0 saturated carbocycles. The van der Waals surface area contributed by atoms with E-state index in [4.69, 9.17) is 5.73 Å². The van der Waals surface area contributed by atoms with Crippen molar-refractivity contribution < 1.29 is 1.43 Å². The molecule has 0 aromatic heterocycles. The fourth-order valence-electron chi connectivity index (χ4n) is 0.870. The summed E-state index contributed by atoms with van der Waals surface area (Å²) in [6.45, 7) is 12.1. The van der Waals surface area contributed by atoms with E-state index in [0.717, 1.165) is 0 Å². The Morgan fingerprint density at radius 3 is 1.64 bits per heavy atom. The smallest absolute Gasteiger partial charge is 0.0266 e. The summed E-state index contributed by atoms with van der Waals surface area (Å²) in [5.41, 5.74) is 8.15. The number of benzene rings is 1. The number of rotatable bonds is 1. The summed E-state index contributed by atoms with van der Waals surface area (Å²) < 4.78 is 0. The van der Waals surface area contributed by atoms with Crippen LogP contribution in [0.5, 0.6) is 0 Å². The van der Waals surface area contributed by atoms with Gasteiger partial charge >= 0.3 is 0 Å². The molecule has 0 radical (unpaired) electrons. The molecule has 1 atom stereocenters. The summed E-state index contributed by atoms with van der Waals surface area (Å²) >= 11 is 0. The lowest BCUT2D eigenvalue weighted by Crippen LogP contribution is -2.04. The highest BCUT2D eigenvalue weighted by atomic mass is 14.6. The lowest BCUT2D eigenvalue weighted by atomic mass is 10.1. The van der Waals surface area contributed by atoms with Crippen LogP contribution in [0.15, 0.2) is 24.3 Å². The van der Waals surface area contributed by atoms with Crippen molar-refractivity contribution in [3.05, 3.63) is 35.4 Å². The molecule has 0 aliphatic carbocycles. The Morgan fingerprint density at radius 1 is 1.00 bits per heavy atom. The fourth-order valence-corrected chi connectivity index (χ4v) is 0.870. The Kier molecular flexibility index (Phi) is 11.5. The number of nitrogens with two attached hydrogens (primary N) is 1. The largest absolute Gasteiger partial charge is 0.324 e. The van der Waals surface area contributed by atoms with Gasteiger partial charge < -0.3 is 5.73 Å². The standard InChI is InChI=1S/C9H13N.2C2H6.H2/c1-7-3-5-9(6-4-7)8(2)10;2*1-2;/h3-6,8H,10H2,1-2H3;2*1-2H3;1H/t8-;;;/m1.../s1. The number of hydrogen-bond acceptors (Lipinski definition) is 1. The second-order valence-corrected chi connectivity index (χ2v) is 2.70. The summed E-state index contributed by atoms with van der Waals surface area (Å²) in [5, 5.41) is 0. The van der Waals surface area contributed by atoms with Gasteiger partial charge in [0.25, 0.3) is 0 Å². The second-order valence-electron chi connectivity index (χ2n) is 2.70. The van der Waals surface area contributed by atoms with Crippen molar-refractivity contribution in [2.75, 3.05) is 0 Å². The van der Waals surface area contributed by atoms with E-state index in [2.05, 4.69) is 31.2 Å². The fraction of sp³-hybridized carbons (Fsp3) is 0.538. The van der Waals surface area contributed by atoms with E-state index in [-0.39, 0.29) is 7.47 Å². The monoisotopic (exact) mass is 197 g/mol. The van der Waals surface area contributed by atoms with Crippen molar-refractivity contribution in [1.82, 2.24) is 0 Å². The molecule has 0 fully saturated rings. The zero-order valence-corrected chi connectivity index (χ0v) is 10.5. The topological polar surface area (TPSA) is 26.0 Å². The van der Waals surface area contributed by atoms with E-state index in [1.54, 1.807) is 0 Å². The molecule has 1 rings (SSSR count). The third-order valence-electron chi connectivity index (χ3n) is 1.60. The van der Waals surface area contributed by atoms with Crippen LogP contribution in [0.1, 0.15) is 53.2 Å². The van der Waals surface area contributed by atoms with Crippen molar-refractivity contribution in [2.45, 2.75) is 47.6 Å². The highest BCUT2D eigenvalue weighted by Crippen LogP contribution is 2.09. The zero-order valence-electron chi connectivity index (χ0n) is 10.5. The van der Waals surface area contributed by atoms with Crippen LogP contribution >= 0.6 is 0 Å². The molecule has 0 bridgehead atoms. The van der Waals surface area contributed by atoms with Crippen LogP contribution in [0.25, 0.3) is 0 Å². The first-order chi connectivity index (χ1) is 6.70. The summed E-state index contributed by atoms with van der Waals surface area (Å²) in [7, 11) is 0. The number of hydrogen-bond donors (Lipinski definition) is 1. The predicted octanol–water partition coefficient (Wildman–Crippen LogP) is 4.31. The van der Waals surface area contributed by atoms with Gasteiger partial charge in [0.05, 0.1) is 0 Å². The molecule has 2 N–H and O–H groups in total. The third kappa shape index (κ3) is 6.67. The molecular formula is C13H27N. The average molecular weight is 197 g/mol. The first kappa shape index (κ1) is 15.6. The predicted molar refractivity (Wildman–Crippen MR) is 68.6 cm³/mol. The molecule has 0 unspecified atom stereocenters. The quantitative estimate of drug-likeness (QED) is 0.713. The molecule has 0 aliphatic rings. The Morgan fingerprint density at radius 2 is 1.36 bits per heavy atom. The minimum atomic E-state index is 0. The molecular weight excluding hydrogens is 170 g/mol. The van der Waals surface area contributed by atoms with E-state index < -0.39 is 0 Å². The zero-order chi connectivity index (χ0) is 11.6. The molecule has 0 aliphatic heterocycles. The van der Waals surface area contributed by atoms with E-state index in [1.807, 2.05) is 34.6 Å². The Labute approximate surface area is 90.8 Å². The van der Waals surface area contributed by atoms with Crippen LogP contribution < -0.4 is 5.73 Å². The Bertz CT molecular complexity index is 204. The second kappa shape index (κ2) is 10.3. The minimum Gasteiger partial charge on any atom is -0.324 e. The maximum Gasteiger partial charge on any atom is 0.0266 e. The first-order valence-electron chi connectivity index (χ1n) is 5.52. The minimum absolute atomic E-state index is 0. The lowest BCUT2D eigenvalue weighted by Gasteiger charge is -2.03. The van der Waals surface area contributed by atoms with Gasteiger partial charge in [0.15, 0.2) is 0 Å². The van der Waals surface area contributed by atoms with E-state index in [1.165, 1.54) is 11.1 Å². The van der Waals surface area contributed by atoms with Crippen molar-refractivity contribution in [1.29, 1.82) is 0 Å². The van der Waals surface area contributed by atoms with Crippen molar-refractivity contribution in [3.8, 4) is 0 Å². The van der Waals surface area contributed by atoms with Gasteiger partial charge in [0.2, 0.25) is 0 Å². The molecule has 1 aromatic carbocycles. The molecule has 0 amide bonds. The van der Waals surface area contributed by atoms with Gasteiger partial charge in [-0.1, -0.05) is 57.5 Å². The molecule has 14 heavy (non-hydrogen) atoms. The number of aryl methyl sites for hydroxylation is 1. The van der Waals surface area contributed by atoms with Gasteiger partial charge in [0, 0.05) is 7.47 Å². The SMILES string of the molecule is CC.CC.Cc1ccc([C@@H](C)N)cc1.[HH]. The Hall–Kier alpha value is -0.820. The molecule has 1 nitrogen and oxygen atoms in total. The van der Waals surface area contributed by atoms with Crippen molar-refractivity contribution in [2.24, 2.45) is 5.73 Å². The molecule has 1 heteroatoms. The molecule has 0 spiro atoms. The average Bonchev–Trinajstić information content (AvgIpc) is 2.24. The van der Waals surface area contributed by atoms with Gasteiger partial charge in [-0.15, -0.1) is 0 Å². The summed E-state index contributed by atoms with van der Waals surface area (Å²) in [6.07, 6.45) is 0. The molecule has 0 saturated heterocycles. The normalized spacial score (nSPS) is 10.2. The van der Waals surface area contributed by atoms with E-state index in [0.29, 0.717) is 0 Å². The molecule has 84 valence electrons. The summed E-state index contributed by atoms with van der Waals surface area (Å²) in [6, 6.07) is 8.46. The van der Waals surface area contributed by atoms with Gasteiger partial charge in [-0.2, -0.15) is 0 Å². The van der Waals surface area contributed by atoms with Crippen LogP contribution in [-0.2, 0) is 0 Å². The summed E-state index contributed by atoms with van der Waals surface area (Å²) in [5.74, 6) is 0. The third-order valence-corrected chi connectivity index (χ3v) is 1.60. The maximum atomic E-state index is 5.66. The maximum absolute atomic E-state index is 5.66. The van der Waals surface area contributed by atoms with Crippen LogP contribution in [-0.4, -0.2) is 0 Å². The first-order valence-corrected chi connectivity index (χ1v) is 5.52. The molecule has 1 aromatic rings. The van der Waals surface area contributed by atoms with Crippen LogP contribution in [0.3, 0.4) is 0 Å². The Balaban J connectivity index is -0.000000258. The lowest BCUT2D eigenvalue weighted by molar-refractivity contribution is 0.818. The van der Waals surface area contributed by atoms with E-state index in [9.17, 15) is 0 Å². The van der Waals surface area contributed by atoms with Crippen molar-refractivity contribution in [3.63, 3.8) is 0 Å². The van der Waals surface area contributed by atoms with Gasteiger partial charge in [-0.3, -0.25) is 0 Å². The van der Waals surface area contributed by atoms with Gasteiger partial charge in [-0.05, 0) is 19.4 Å². The highest BCUT2D eigenvalue weighted by Gasteiger charge is 1.95.